The number of hydrogen-bond donors (Lipinski definition) is 1. The number of rotatable bonds is 7. The lowest BCUT2D eigenvalue weighted by Crippen LogP contribution is -2.21. The second-order valence-corrected chi connectivity index (χ2v) is 7.92. The second-order valence-electron chi connectivity index (χ2n) is 7.92. The van der Waals surface area contributed by atoms with Gasteiger partial charge in [0.05, 0.1) is 11.6 Å². The molecule has 1 unspecified atom stereocenters. The molecule has 3 atom stereocenters. The number of carbonyl (C=O) groups excluding carboxylic acids is 1. The summed E-state index contributed by atoms with van der Waals surface area (Å²) in [6, 6.07) is 20.7. The number of nitrogens with zero attached hydrogens (tertiary/aromatic N) is 1. The van der Waals surface area contributed by atoms with Crippen molar-refractivity contribution < 1.29 is 9.90 Å². The molecule has 0 radical (unpaired) electrons. The van der Waals surface area contributed by atoms with Crippen molar-refractivity contribution in [3.8, 4) is 0 Å². The minimum Gasteiger partial charge on any atom is -0.392 e. The first kappa shape index (κ1) is 18.8. The second kappa shape index (κ2) is 8.66. The third-order valence-corrected chi connectivity index (χ3v) is 6.12. The first-order valence-corrected chi connectivity index (χ1v) is 10.3. The molecule has 0 saturated heterocycles. The van der Waals surface area contributed by atoms with Crippen molar-refractivity contribution in [2.45, 2.75) is 44.6 Å². The predicted octanol–water partition coefficient (Wildman–Crippen LogP) is 4.76. The summed E-state index contributed by atoms with van der Waals surface area (Å²) >= 11 is 0. The molecule has 0 aliphatic heterocycles. The Labute approximate surface area is 166 Å². The third kappa shape index (κ3) is 4.15. The van der Waals surface area contributed by atoms with Crippen LogP contribution in [-0.2, 0) is 17.6 Å². The molecule has 3 heteroatoms. The Bertz CT molecular complexity index is 932. The maximum absolute atomic E-state index is 12.5. The first-order chi connectivity index (χ1) is 13.7. The van der Waals surface area contributed by atoms with E-state index in [0.29, 0.717) is 6.42 Å². The van der Waals surface area contributed by atoms with Gasteiger partial charge in [0.1, 0.15) is 5.78 Å². The lowest BCUT2D eigenvalue weighted by molar-refractivity contribution is -0.121. The monoisotopic (exact) mass is 373 g/mol. The maximum atomic E-state index is 12.5. The predicted molar refractivity (Wildman–Crippen MR) is 112 cm³/mol. The van der Waals surface area contributed by atoms with Crippen molar-refractivity contribution in [1.82, 2.24) is 4.98 Å². The van der Waals surface area contributed by atoms with E-state index in [0.717, 1.165) is 43.0 Å². The zero-order valence-electron chi connectivity index (χ0n) is 16.1. The molecule has 0 amide bonds. The Morgan fingerprint density at radius 2 is 1.75 bits per heavy atom. The molecule has 1 N–H and O–H groups in total. The smallest absolute Gasteiger partial charge is 0.138 e. The summed E-state index contributed by atoms with van der Waals surface area (Å²) in [5.74, 6) is 0.272. The van der Waals surface area contributed by atoms with Crippen LogP contribution in [0.1, 0.15) is 36.8 Å². The number of pyridine rings is 1. The number of fused-ring (bicyclic) bond motifs is 1. The Morgan fingerprint density at radius 1 is 0.929 bits per heavy atom. The van der Waals surface area contributed by atoms with E-state index in [9.17, 15) is 9.90 Å². The SMILES string of the molecule is O=C1CC(O)[C@H](CCCc2ccccc2)[C@H]1CCc1cccc2cccnc12. The van der Waals surface area contributed by atoms with Gasteiger partial charge in [-0.3, -0.25) is 9.78 Å². The zero-order chi connectivity index (χ0) is 19.3. The zero-order valence-corrected chi connectivity index (χ0v) is 16.1. The highest BCUT2D eigenvalue weighted by molar-refractivity contribution is 5.84. The average molecular weight is 373 g/mol. The molecule has 1 heterocycles. The third-order valence-electron chi connectivity index (χ3n) is 6.12. The van der Waals surface area contributed by atoms with Gasteiger partial charge >= 0.3 is 0 Å². The number of para-hydroxylation sites is 1. The summed E-state index contributed by atoms with van der Waals surface area (Å²) < 4.78 is 0. The summed E-state index contributed by atoms with van der Waals surface area (Å²) in [7, 11) is 0. The fraction of sp³-hybridized carbons (Fsp3) is 0.360. The van der Waals surface area contributed by atoms with Gasteiger partial charge in [-0.2, -0.15) is 0 Å². The number of aromatic nitrogens is 1. The minimum absolute atomic E-state index is 0.0373. The van der Waals surface area contributed by atoms with Crippen LogP contribution in [-0.4, -0.2) is 22.0 Å². The topological polar surface area (TPSA) is 50.2 Å². The highest BCUT2D eigenvalue weighted by atomic mass is 16.3. The summed E-state index contributed by atoms with van der Waals surface area (Å²) in [4.78, 5) is 17.1. The van der Waals surface area contributed by atoms with Gasteiger partial charge in [-0.25, -0.2) is 0 Å². The highest BCUT2D eigenvalue weighted by Crippen LogP contribution is 2.36. The van der Waals surface area contributed by atoms with Gasteiger partial charge in [0, 0.05) is 23.9 Å². The minimum atomic E-state index is -0.487. The van der Waals surface area contributed by atoms with Crippen LogP contribution in [0.5, 0.6) is 0 Å². The molecule has 1 saturated carbocycles. The molecule has 0 spiro atoms. The Kier molecular flexibility index (Phi) is 5.82. The molecule has 1 aliphatic carbocycles. The molecule has 0 bridgehead atoms. The van der Waals surface area contributed by atoms with Crippen molar-refractivity contribution in [2.75, 3.05) is 0 Å². The molecule has 3 nitrogen and oxygen atoms in total. The Morgan fingerprint density at radius 3 is 2.61 bits per heavy atom. The molecule has 144 valence electrons. The molecule has 1 fully saturated rings. The number of aliphatic hydroxyl groups is 1. The van der Waals surface area contributed by atoms with Gasteiger partial charge in [-0.05, 0) is 55.2 Å². The molecule has 1 aromatic heterocycles. The van der Waals surface area contributed by atoms with Gasteiger partial charge in [-0.15, -0.1) is 0 Å². The van der Waals surface area contributed by atoms with Crippen molar-refractivity contribution in [1.29, 1.82) is 0 Å². The summed E-state index contributed by atoms with van der Waals surface area (Å²) in [6.07, 6.45) is 6.17. The van der Waals surface area contributed by atoms with Gasteiger partial charge in [-0.1, -0.05) is 54.6 Å². The van der Waals surface area contributed by atoms with E-state index in [1.165, 1.54) is 11.1 Å². The summed E-state index contributed by atoms with van der Waals surface area (Å²) in [5.41, 5.74) is 3.53. The van der Waals surface area contributed by atoms with Gasteiger partial charge in [0.15, 0.2) is 0 Å². The number of hydrogen-bond acceptors (Lipinski definition) is 3. The van der Waals surface area contributed by atoms with Gasteiger partial charge in [0.2, 0.25) is 0 Å². The van der Waals surface area contributed by atoms with Crippen molar-refractivity contribution in [3.63, 3.8) is 0 Å². The number of ketones is 1. The molecule has 4 rings (SSSR count). The average Bonchev–Trinajstić information content (AvgIpc) is 2.99. The van der Waals surface area contributed by atoms with Crippen molar-refractivity contribution in [2.24, 2.45) is 11.8 Å². The molecule has 2 aromatic carbocycles. The quantitative estimate of drug-likeness (QED) is 0.650. The first-order valence-electron chi connectivity index (χ1n) is 10.3. The summed E-state index contributed by atoms with van der Waals surface area (Å²) in [6.45, 7) is 0. The van der Waals surface area contributed by atoms with E-state index in [-0.39, 0.29) is 17.6 Å². The van der Waals surface area contributed by atoms with Crippen LogP contribution in [0.2, 0.25) is 0 Å². The van der Waals surface area contributed by atoms with Crippen LogP contribution >= 0.6 is 0 Å². The lowest BCUT2D eigenvalue weighted by Gasteiger charge is -2.21. The number of aryl methyl sites for hydroxylation is 2. The van der Waals surface area contributed by atoms with E-state index < -0.39 is 6.10 Å². The maximum Gasteiger partial charge on any atom is 0.138 e. The number of benzene rings is 2. The lowest BCUT2D eigenvalue weighted by atomic mass is 9.84. The van der Waals surface area contributed by atoms with Crippen LogP contribution in [0.15, 0.2) is 66.9 Å². The van der Waals surface area contributed by atoms with E-state index in [1.54, 1.807) is 0 Å². The fourth-order valence-electron chi connectivity index (χ4n) is 4.65. The normalized spacial score (nSPS) is 22.0. The van der Waals surface area contributed by atoms with Crippen LogP contribution in [0.3, 0.4) is 0 Å². The van der Waals surface area contributed by atoms with Gasteiger partial charge in [0.25, 0.3) is 0 Å². The van der Waals surface area contributed by atoms with Crippen LogP contribution < -0.4 is 0 Å². The van der Waals surface area contributed by atoms with Crippen molar-refractivity contribution >= 4 is 16.7 Å². The Hall–Kier alpha value is -2.52. The van der Waals surface area contributed by atoms with E-state index in [2.05, 4.69) is 53.5 Å². The largest absolute Gasteiger partial charge is 0.392 e. The number of carbonyl (C=O) groups is 1. The van der Waals surface area contributed by atoms with Gasteiger partial charge < -0.3 is 5.11 Å². The highest BCUT2D eigenvalue weighted by Gasteiger charge is 2.40. The fourth-order valence-corrected chi connectivity index (χ4v) is 4.65. The van der Waals surface area contributed by atoms with E-state index in [1.807, 2.05) is 18.3 Å². The standard InChI is InChI=1S/C25H27NO2/c27-23-17-24(28)22(21(23)13-4-9-18-7-2-1-3-8-18)15-14-20-11-5-10-19-12-6-16-26-25(19)20/h1-3,5-8,10-12,16,21-23,27H,4,9,13-15,17H2/t21-,22-,23?/m1/s1. The molecule has 3 aromatic rings. The van der Waals surface area contributed by atoms with Crippen LogP contribution in [0, 0.1) is 11.8 Å². The van der Waals surface area contributed by atoms with E-state index >= 15 is 0 Å². The summed E-state index contributed by atoms with van der Waals surface area (Å²) in [5, 5.41) is 11.6. The van der Waals surface area contributed by atoms with Crippen molar-refractivity contribution in [3.05, 3.63) is 78.0 Å². The number of aliphatic hydroxyl groups excluding tert-OH is 1. The number of Topliss-reactive ketones (excluding diaryl/α,β-unsaturated/α-hetero) is 1. The van der Waals surface area contributed by atoms with Crippen LogP contribution in [0.25, 0.3) is 10.9 Å². The molecule has 1 aliphatic rings. The Balaban J connectivity index is 1.40. The molecule has 28 heavy (non-hydrogen) atoms. The van der Waals surface area contributed by atoms with Crippen LogP contribution in [0.4, 0.5) is 0 Å². The van der Waals surface area contributed by atoms with E-state index in [4.69, 9.17) is 0 Å². The molecular formula is C25H27NO2. The molecular weight excluding hydrogens is 346 g/mol.